The molecular weight excluding hydrogens is 379 g/mol. The minimum Gasteiger partial charge on any atom is -0.463 e. The lowest BCUT2D eigenvalue weighted by atomic mass is 10.0. The van der Waals surface area contributed by atoms with Crippen LogP contribution in [0, 0.1) is 5.92 Å². The van der Waals surface area contributed by atoms with Crippen molar-refractivity contribution in [2.75, 3.05) is 18.6 Å². The fourth-order valence-electron chi connectivity index (χ4n) is 3.03. The molecule has 1 heterocycles. The minimum absolute atomic E-state index is 0.0472. The van der Waals surface area contributed by atoms with E-state index in [1.54, 1.807) is 7.05 Å². The highest BCUT2D eigenvalue weighted by Crippen LogP contribution is 2.38. The quantitative estimate of drug-likeness (QED) is 0.424. The number of nitrogens with zero attached hydrogens (tertiary/aromatic N) is 3. The Hall–Kier alpha value is -2.31. The second-order valence-corrected chi connectivity index (χ2v) is 7.59. The molecule has 0 saturated carbocycles. The van der Waals surface area contributed by atoms with E-state index in [9.17, 15) is 13.2 Å². The van der Waals surface area contributed by atoms with Gasteiger partial charge in [-0.15, -0.1) is 0 Å². The van der Waals surface area contributed by atoms with E-state index in [4.69, 9.17) is 4.74 Å². The van der Waals surface area contributed by atoms with Crippen molar-refractivity contribution in [2.24, 2.45) is 5.92 Å². The summed E-state index contributed by atoms with van der Waals surface area (Å²) in [5.41, 5.74) is 0.836. The number of hydrogen-bond acceptors (Lipinski definition) is 4. The SMILES string of the molecule is CCCCCCc1ccccc1N(C)c1nc(OCC(C)C)ncc1C(F)(F)F. The van der Waals surface area contributed by atoms with Gasteiger partial charge in [0.1, 0.15) is 5.56 Å². The van der Waals surface area contributed by atoms with Gasteiger partial charge in [-0.3, -0.25) is 0 Å². The van der Waals surface area contributed by atoms with Gasteiger partial charge < -0.3 is 9.64 Å². The fraction of sp³-hybridized carbons (Fsp3) is 0.545. The molecule has 0 N–H and O–H groups in total. The number of halogens is 3. The van der Waals surface area contributed by atoms with Crippen LogP contribution >= 0.6 is 0 Å². The van der Waals surface area contributed by atoms with Crippen molar-refractivity contribution in [1.82, 2.24) is 9.97 Å². The number of anilines is 2. The number of aromatic nitrogens is 2. The van der Waals surface area contributed by atoms with Gasteiger partial charge in [-0.1, -0.05) is 58.2 Å². The van der Waals surface area contributed by atoms with Gasteiger partial charge in [-0.05, 0) is 30.4 Å². The van der Waals surface area contributed by atoms with Crippen molar-refractivity contribution in [3.63, 3.8) is 0 Å². The summed E-state index contributed by atoms with van der Waals surface area (Å²) in [5, 5.41) is 0. The summed E-state index contributed by atoms with van der Waals surface area (Å²) in [5.74, 6) is 0.0122. The van der Waals surface area contributed by atoms with E-state index in [0.29, 0.717) is 12.3 Å². The lowest BCUT2D eigenvalue weighted by Crippen LogP contribution is -2.20. The summed E-state index contributed by atoms with van der Waals surface area (Å²) in [7, 11) is 1.61. The molecule has 160 valence electrons. The molecule has 0 aliphatic heterocycles. The zero-order valence-corrected chi connectivity index (χ0v) is 17.6. The molecule has 0 atom stereocenters. The molecule has 1 aromatic carbocycles. The number of alkyl halides is 3. The molecule has 0 unspecified atom stereocenters. The van der Waals surface area contributed by atoms with Crippen LogP contribution in [0.2, 0.25) is 0 Å². The topological polar surface area (TPSA) is 38.2 Å². The van der Waals surface area contributed by atoms with Crippen LogP contribution < -0.4 is 9.64 Å². The molecule has 0 bridgehead atoms. The van der Waals surface area contributed by atoms with Crippen molar-refractivity contribution in [3.8, 4) is 6.01 Å². The van der Waals surface area contributed by atoms with Crippen LogP contribution in [0.5, 0.6) is 6.01 Å². The van der Waals surface area contributed by atoms with Crippen LogP contribution in [-0.4, -0.2) is 23.6 Å². The number of rotatable bonds is 10. The van der Waals surface area contributed by atoms with Crippen LogP contribution in [0.1, 0.15) is 57.6 Å². The Morgan fingerprint density at radius 2 is 1.83 bits per heavy atom. The van der Waals surface area contributed by atoms with Crippen molar-refractivity contribution in [3.05, 3.63) is 41.6 Å². The van der Waals surface area contributed by atoms with Gasteiger partial charge in [-0.2, -0.15) is 18.2 Å². The second-order valence-electron chi connectivity index (χ2n) is 7.59. The lowest BCUT2D eigenvalue weighted by molar-refractivity contribution is -0.137. The normalized spacial score (nSPS) is 11.7. The highest BCUT2D eigenvalue weighted by molar-refractivity contribution is 5.66. The Bertz CT molecular complexity index is 778. The van der Waals surface area contributed by atoms with E-state index in [1.165, 1.54) is 4.90 Å². The second kappa shape index (κ2) is 10.5. The molecule has 2 rings (SSSR count). The molecule has 0 amide bonds. The van der Waals surface area contributed by atoms with Crippen LogP contribution in [0.4, 0.5) is 24.7 Å². The third-order valence-corrected chi connectivity index (χ3v) is 4.57. The highest BCUT2D eigenvalue weighted by atomic mass is 19.4. The first-order valence-electron chi connectivity index (χ1n) is 10.1. The zero-order valence-electron chi connectivity index (χ0n) is 17.6. The largest absolute Gasteiger partial charge is 0.463 e. The summed E-state index contributed by atoms with van der Waals surface area (Å²) in [4.78, 5) is 9.37. The number of hydrogen-bond donors (Lipinski definition) is 0. The summed E-state index contributed by atoms with van der Waals surface area (Å²) in [6.07, 6.45) is 1.44. The predicted octanol–water partition coefficient (Wildman–Crippen LogP) is 6.42. The molecular formula is C22H30F3N3O. The molecule has 0 saturated heterocycles. The van der Waals surface area contributed by atoms with Gasteiger partial charge in [-0.25, -0.2) is 4.98 Å². The molecule has 4 nitrogen and oxygen atoms in total. The maximum absolute atomic E-state index is 13.6. The van der Waals surface area contributed by atoms with Crippen LogP contribution in [-0.2, 0) is 12.6 Å². The van der Waals surface area contributed by atoms with Crippen LogP contribution in [0.15, 0.2) is 30.5 Å². The first-order chi connectivity index (χ1) is 13.7. The van der Waals surface area contributed by atoms with Gasteiger partial charge in [0.2, 0.25) is 0 Å². The summed E-state index contributed by atoms with van der Waals surface area (Å²) < 4.78 is 46.3. The lowest BCUT2D eigenvalue weighted by Gasteiger charge is -2.25. The molecule has 0 radical (unpaired) electrons. The molecule has 0 aliphatic rings. The fourth-order valence-corrected chi connectivity index (χ4v) is 3.03. The zero-order chi connectivity index (χ0) is 21.4. The molecule has 7 heteroatoms. The third kappa shape index (κ3) is 6.61. The van der Waals surface area contributed by atoms with Gasteiger partial charge in [0.05, 0.1) is 6.61 Å². The molecule has 0 spiro atoms. The number of para-hydroxylation sites is 1. The average molecular weight is 409 g/mol. The van der Waals surface area contributed by atoms with Crippen molar-refractivity contribution < 1.29 is 17.9 Å². The maximum atomic E-state index is 13.6. The van der Waals surface area contributed by atoms with E-state index in [2.05, 4.69) is 16.9 Å². The van der Waals surface area contributed by atoms with E-state index in [1.807, 2.05) is 38.1 Å². The van der Waals surface area contributed by atoms with Crippen LogP contribution in [0.3, 0.4) is 0 Å². The Morgan fingerprint density at radius 3 is 2.48 bits per heavy atom. The van der Waals surface area contributed by atoms with E-state index in [0.717, 1.165) is 43.9 Å². The Kier molecular flexibility index (Phi) is 8.29. The van der Waals surface area contributed by atoms with Crippen molar-refractivity contribution in [2.45, 2.75) is 59.1 Å². The Balaban J connectivity index is 2.37. The first kappa shape index (κ1) is 23.0. The standard InChI is InChI=1S/C22H30F3N3O/c1-5-6-7-8-11-17-12-9-10-13-19(17)28(4)20-18(22(23,24)25)14-26-21(27-20)29-15-16(2)3/h9-10,12-14,16H,5-8,11,15H2,1-4H3. The predicted molar refractivity (Wildman–Crippen MR) is 110 cm³/mol. The van der Waals surface area contributed by atoms with E-state index in [-0.39, 0.29) is 17.7 Å². The van der Waals surface area contributed by atoms with E-state index >= 15 is 0 Å². The van der Waals surface area contributed by atoms with Gasteiger partial charge in [0.25, 0.3) is 0 Å². The van der Waals surface area contributed by atoms with Crippen molar-refractivity contribution in [1.29, 1.82) is 0 Å². The number of aryl methyl sites for hydroxylation is 1. The smallest absolute Gasteiger partial charge is 0.421 e. The van der Waals surface area contributed by atoms with Gasteiger partial charge >= 0.3 is 12.2 Å². The Morgan fingerprint density at radius 1 is 1.10 bits per heavy atom. The number of unbranched alkanes of at least 4 members (excludes halogenated alkanes) is 3. The van der Waals surface area contributed by atoms with Crippen LogP contribution in [0.25, 0.3) is 0 Å². The third-order valence-electron chi connectivity index (χ3n) is 4.57. The van der Waals surface area contributed by atoms with Crippen molar-refractivity contribution >= 4 is 11.5 Å². The Labute approximate surface area is 171 Å². The van der Waals surface area contributed by atoms with Gasteiger partial charge in [0, 0.05) is 18.9 Å². The monoisotopic (exact) mass is 409 g/mol. The summed E-state index contributed by atoms with van der Waals surface area (Å²) >= 11 is 0. The molecule has 0 aliphatic carbocycles. The molecule has 2 aromatic rings. The first-order valence-corrected chi connectivity index (χ1v) is 10.1. The number of ether oxygens (including phenoxy) is 1. The van der Waals surface area contributed by atoms with E-state index < -0.39 is 11.7 Å². The molecule has 0 fully saturated rings. The van der Waals surface area contributed by atoms with Gasteiger partial charge in [0.15, 0.2) is 5.82 Å². The summed E-state index contributed by atoms with van der Waals surface area (Å²) in [6, 6.07) is 7.48. The minimum atomic E-state index is -4.56. The number of benzene rings is 1. The molecule has 1 aromatic heterocycles. The molecule has 29 heavy (non-hydrogen) atoms. The maximum Gasteiger partial charge on any atom is 0.421 e. The average Bonchev–Trinajstić information content (AvgIpc) is 2.68. The summed E-state index contributed by atoms with van der Waals surface area (Å²) in [6.45, 7) is 6.38. The highest BCUT2D eigenvalue weighted by Gasteiger charge is 2.37.